The summed E-state index contributed by atoms with van der Waals surface area (Å²) in [6.07, 6.45) is 0.752. The minimum atomic E-state index is -3.53. The molecule has 0 saturated heterocycles. The molecule has 1 aliphatic rings. The summed E-state index contributed by atoms with van der Waals surface area (Å²) in [6, 6.07) is 14.3. The number of nitrogens with zero attached hydrogens (tertiary/aromatic N) is 1. The number of sulfonamides is 1. The third kappa shape index (κ3) is 2.43. The van der Waals surface area contributed by atoms with Gasteiger partial charge < -0.3 is 5.73 Å². The predicted octanol–water partition coefficient (Wildman–Crippen LogP) is 2.46. The number of nitrogens with two attached hydrogens (primary N) is 1. The van der Waals surface area contributed by atoms with Gasteiger partial charge in [-0.15, -0.1) is 0 Å². The maximum atomic E-state index is 12.9. The number of benzene rings is 2. The van der Waals surface area contributed by atoms with E-state index >= 15 is 0 Å². The lowest BCUT2D eigenvalue weighted by Gasteiger charge is -2.20. The fourth-order valence-electron chi connectivity index (χ4n) is 2.64. The first-order valence-corrected chi connectivity index (χ1v) is 8.40. The Labute approximate surface area is 125 Å². The van der Waals surface area contributed by atoms with E-state index in [1.807, 2.05) is 37.3 Å². The Kier molecular flexibility index (Phi) is 3.47. The van der Waals surface area contributed by atoms with Crippen LogP contribution in [0.1, 0.15) is 24.1 Å². The van der Waals surface area contributed by atoms with Crippen molar-refractivity contribution >= 4 is 15.7 Å². The largest absolute Gasteiger partial charge is 0.324 e. The molecule has 0 aromatic heterocycles. The maximum Gasteiger partial charge on any atom is 0.264 e. The Morgan fingerprint density at radius 2 is 1.90 bits per heavy atom. The molecule has 2 N–H and O–H groups in total. The quantitative estimate of drug-likeness (QED) is 0.947. The molecule has 1 atom stereocenters. The molecule has 0 spiro atoms. The summed E-state index contributed by atoms with van der Waals surface area (Å²) in [5.74, 6) is 0. The van der Waals surface area contributed by atoms with Crippen LogP contribution in [0.5, 0.6) is 0 Å². The van der Waals surface area contributed by atoms with Crippen molar-refractivity contribution in [2.45, 2.75) is 24.3 Å². The number of para-hydroxylation sites is 1. The fourth-order valence-corrected chi connectivity index (χ4v) is 4.20. The van der Waals surface area contributed by atoms with Crippen molar-refractivity contribution in [3.05, 3.63) is 59.7 Å². The lowest BCUT2D eigenvalue weighted by atomic mass is 10.1. The van der Waals surface area contributed by atoms with Gasteiger partial charge in [0.1, 0.15) is 0 Å². The lowest BCUT2D eigenvalue weighted by Crippen LogP contribution is -2.29. The van der Waals surface area contributed by atoms with Gasteiger partial charge in [0.25, 0.3) is 10.0 Å². The molecule has 21 heavy (non-hydrogen) atoms. The Bertz CT molecular complexity index is 769. The van der Waals surface area contributed by atoms with Crippen LogP contribution in [-0.4, -0.2) is 15.0 Å². The molecule has 2 aromatic rings. The monoisotopic (exact) mass is 302 g/mol. The number of rotatable bonds is 3. The normalized spacial score (nSPS) is 15.8. The first-order valence-electron chi connectivity index (χ1n) is 6.96. The molecule has 1 unspecified atom stereocenters. The van der Waals surface area contributed by atoms with E-state index in [1.54, 1.807) is 18.2 Å². The van der Waals surface area contributed by atoms with Crippen molar-refractivity contribution in [1.82, 2.24) is 0 Å². The molecular formula is C16H18N2O2S. The molecule has 110 valence electrons. The van der Waals surface area contributed by atoms with Gasteiger partial charge in [0.2, 0.25) is 0 Å². The third-order valence-corrected chi connectivity index (χ3v) is 5.63. The van der Waals surface area contributed by atoms with Crippen LogP contribution in [0.4, 0.5) is 5.69 Å². The van der Waals surface area contributed by atoms with Gasteiger partial charge >= 0.3 is 0 Å². The van der Waals surface area contributed by atoms with Crippen LogP contribution in [0.3, 0.4) is 0 Å². The first-order chi connectivity index (χ1) is 10.00. The van der Waals surface area contributed by atoms with Gasteiger partial charge in [-0.25, -0.2) is 8.42 Å². The number of hydrogen-bond donors (Lipinski definition) is 1. The summed E-state index contributed by atoms with van der Waals surface area (Å²) in [5.41, 5.74) is 8.52. The van der Waals surface area contributed by atoms with Gasteiger partial charge in [-0.3, -0.25) is 4.31 Å². The van der Waals surface area contributed by atoms with Gasteiger partial charge in [-0.1, -0.05) is 30.3 Å². The zero-order valence-electron chi connectivity index (χ0n) is 11.9. The number of fused-ring (bicyclic) bond motifs is 1. The molecule has 0 radical (unpaired) electrons. The second-order valence-electron chi connectivity index (χ2n) is 5.32. The molecule has 1 aliphatic heterocycles. The van der Waals surface area contributed by atoms with Gasteiger partial charge in [-0.2, -0.15) is 0 Å². The number of anilines is 1. The summed E-state index contributed by atoms with van der Waals surface area (Å²) >= 11 is 0. The molecule has 0 aliphatic carbocycles. The van der Waals surface area contributed by atoms with Crippen molar-refractivity contribution in [2.24, 2.45) is 5.73 Å². The Morgan fingerprint density at radius 1 is 1.14 bits per heavy atom. The Balaban J connectivity index is 2.04. The molecule has 5 heteroatoms. The summed E-state index contributed by atoms with van der Waals surface area (Å²) in [5, 5.41) is 0. The SMILES string of the molecule is CC(N)c1cccc(S(=O)(=O)N2CCc3ccccc32)c1. The van der Waals surface area contributed by atoms with Crippen LogP contribution < -0.4 is 10.0 Å². The van der Waals surface area contributed by atoms with E-state index in [4.69, 9.17) is 5.73 Å². The van der Waals surface area contributed by atoms with Crippen molar-refractivity contribution in [3.63, 3.8) is 0 Å². The summed E-state index contributed by atoms with van der Waals surface area (Å²) in [6.45, 7) is 2.33. The molecule has 3 rings (SSSR count). The summed E-state index contributed by atoms with van der Waals surface area (Å²) in [7, 11) is -3.53. The lowest BCUT2D eigenvalue weighted by molar-refractivity contribution is 0.592. The van der Waals surface area contributed by atoms with Crippen LogP contribution in [-0.2, 0) is 16.4 Å². The zero-order chi connectivity index (χ0) is 15.0. The molecule has 0 bridgehead atoms. The topological polar surface area (TPSA) is 63.4 Å². The molecule has 2 aromatic carbocycles. The van der Waals surface area contributed by atoms with Crippen molar-refractivity contribution in [3.8, 4) is 0 Å². The van der Waals surface area contributed by atoms with Crippen LogP contribution in [0, 0.1) is 0 Å². The Hall–Kier alpha value is -1.85. The molecule has 0 fully saturated rings. The van der Waals surface area contributed by atoms with Gasteiger partial charge in [0, 0.05) is 12.6 Å². The summed E-state index contributed by atoms with van der Waals surface area (Å²) in [4.78, 5) is 0.300. The van der Waals surface area contributed by atoms with E-state index in [1.165, 1.54) is 4.31 Å². The number of hydrogen-bond acceptors (Lipinski definition) is 3. The van der Waals surface area contributed by atoms with E-state index < -0.39 is 10.0 Å². The average molecular weight is 302 g/mol. The molecular weight excluding hydrogens is 284 g/mol. The highest BCUT2D eigenvalue weighted by Crippen LogP contribution is 2.32. The van der Waals surface area contributed by atoms with E-state index in [0.717, 1.165) is 23.2 Å². The van der Waals surface area contributed by atoms with Gasteiger partial charge in [-0.05, 0) is 42.7 Å². The second-order valence-corrected chi connectivity index (χ2v) is 7.18. The van der Waals surface area contributed by atoms with Crippen LogP contribution in [0.2, 0.25) is 0 Å². The van der Waals surface area contributed by atoms with E-state index in [0.29, 0.717) is 11.4 Å². The fraction of sp³-hybridized carbons (Fsp3) is 0.250. The minimum absolute atomic E-state index is 0.189. The van der Waals surface area contributed by atoms with Crippen molar-refractivity contribution < 1.29 is 8.42 Å². The highest BCUT2D eigenvalue weighted by Gasteiger charge is 2.30. The van der Waals surface area contributed by atoms with Crippen LogP contribution in [0.25, 0.3) is 0 Å². The molecule has 1 heterocycles. The van der Waals surface area contributed by atoms with E-state index in [9.17, 15) is 8.42 Å². The second kappa shape index (κ2) is 5.16. The van der Waals surface area contributed by atoms with Crippen LogP contribution in [0.15, 0.2) is 53.4 Å². The third-order valence-electron chi connectivity index (χ3n) is 3.82. The molecule has 4 nitrogen and oxygen atoms in total. The highest BCUT2D eigenvalue weighted by atomic mass is 32.2. The van der Waals surface area contributed by atoms with Crippen molar-refractivity contribution in [2.75, 3.05) is 10.8 Å². The molecule has 0 amide bonds. The Morgan fingerprint density at radius 3 is 2.67 bits per heavy atom. The minimum Gasteiger partial charge on any atom is -0.324 e. The molecule has 0 saturated carbocycles. The maximum absolute atomic E-state index is 12.9. The smallest absolute Gasteiger partial charge is 0.264 e. The first kappa shape index (κ1) is 14.1. The standard InChI is InChI=1S/C16H18N2O2S/c1-12(17)14-6-4-7-15(11-14)21(19,20)18-10-9-13-5-2-3-8-16(13)18/h2-8,11-12H,9-10,17H2,1H3. The average Bonchev–Trinajstić information content (AvgIpc) is 2.92. The van der Waals surface area contributed by atoms with E-state index in [-0.39, 0.29) is 6.04 Å². The van der Waals surface area contributed by atoms with Gasteiger partial charge in [0.05, 0.1) is 10.6 Å². The zero-order valence-corrected chi connectivity index (χ0v) is 12.7. The highest BCUT2D eigenvalue weighted by molar-refractivity contribution is 7.92. The predicted molar refractivity (Wildman–Crippen MR) is 83.7 cm³/mol. The van der Waals surface area contributed by atoms with Gasteiger partial charge in [0.15, 0.2) is 0 Å². The van der Waals surface area contributed by atoms with E-state index in [2.05, 4.69) is 0 Å². The summed E-state index contributed by atoms with van der Waals surface area (Å²) < 4.78 is 27.2. The van der Waals surface area contributed by atoms with Crippen molar-refractivity contribution in [1.29, 1.82) is 0 Å². The van der Waals surface area contributed by atoms with Crippen LogP contribution >= 0.6 is 0 Å².